The van der Waals surface area contributed by atoms with E-state index >= 15 is 0 Å². The van der Waals surface area contributed by atoms with Crippen molar-refractivity contribution >= 4 is 49.3 Å². The number of aryl methyl sites for hydroxylation is 1. The number of thiazole rings is 1. The van der Waals surface area contributed by atoms with Gasteiger partial charge in [0.1, 0.15) is 0 Å². The molecule has 1 nitrogen and oxygen atoms in total. The van der Waals surface area contributed by atoms with Crippen molar-refractivity contribution in [2.75, 3.05) is 0 Å². The molecule has 0 N–H and O–H groups in total. The minimum absolute atomic E-state index is 0.922. The van der Waals surface area contributed by atoms with Gasteiger partial charge in [0.15, 0.2) is 0 Å². The Hall–Kier alpha value is 0.330. The first kappa shape index (κ1) is 8.43. The molecule has 0 saturated heterocycles. The molecule has 0 radical (unpaired) electrons. The highest BCUT2D eigenvalue weighted by Gasteiger charge is 1.93. The summed E-state index contributed by atoms with van der Waals surface area (Å²) in [6.07, 6.45) is 1.92. The predicted octanol–water partition coefficient (Wildman–Crippen LogP) is 3.54. The third-order valence-electron chi connectivity index (χ3n) is 0.894. The number of rotatable bonds is 1. The van der Waals surface area contributed by atoms with Crippen LogP contribution in [0.2, 0.25) is 0 Å². The Morgan fingerprint density at radius 3 is 2.80 bits per heavy atom. The second kappa shape index (κ2) is 3.64. The van der Waals surface area contributed by atoms with E-state index in [2.05, 4.69) is 36.8 Å². The van der Waals surface area contributed by atoms with Crippen LogP contribution in [0.4, 0.5) is 0 Å². The van der Waals surface area contributed by atoms with Crippen LogP contribution in [0.5, 0.6) is 0 Å². The smallest absolute Gasteiger partial charge is 0.0901 e. The molecule has 0 amide bonds. The Kier molecular flexibility index (Phi) is 3.07. The van der Waals surface area contributed by atoms with E-state index in [1.165, 1.54) is 0 Å². The van der Waals surface area contributed by atoms with Gasteiger partial charge in [0.25, 0.3) is 0 Å². The van der Waals surface area contributed by atoms with Crippen molar-refractivity contribution in [1.29, 1.82) is 0 Å². The molecular formula is C6H5Br2NS. The first-order valence-corrected chi connectivity index (χ1v) is 5.10. The van der Waals surface area contributed by atoms with Crippen LogP contribution in [0.3, 0.4) is 0 Å². The van der Waals surface area contributed by atoms with E-state index in [1.807, 2.05) is 18.4 Å². The quantitative estimate of drug-likeness (QED) is 0.768. The molecule has 1 aromatic rings. The zero-order valence-electron chi connectivity index (χ0n) is 5.27. The fraction of sp³-hybridized carbons (Fsp3) is 0.167. The summed E-state index contributed by atoms with van der Waals surface area (Å²) in [6.45, 7) is 1.99. The van der Waals surface area contributed by atoms with Gasteiger partial charge in [-0.3, -0.25) is 0 Å². The molecule has 0 spiro atoms. The lowest BCUT2D eigenvalue weighted by Crippen LogP contribution is -1.70. The Morgan fingerprint density at radius 1 is 1.70 bits per heavy atom. The highest BCUT2D eigenvalue weighted by Crippen LogP contribution is 2.18. The van der Waals surface area contributed by atoms with E-state index in [0.29, 0.717) is 0 Å². The molecule has 4 heteroatoms. The number of aromatic nitrogens is 1. The zero-order chi connectivity index (χ0) is 7.56. The summed E-state index contributed by atoms with van der Waals surface area (Å²) in [4.78, 5) is 4.23. The van der Waals surface area contributed by atoms with E-state index in [4.69, 9.17) is 0 Å². The van der Waals surface area contributed by atoms with E-state index in [0.717, 1.165) is 14.1 Å². The second-order valence-electron chi connectivity index (χ2n) is 1.73. The lowest BCUT2D eigenvalue weighted by Gasteiger charge is -1.81. The molecule has 54 valence electrons. The molecule has 0 saturated carbocycles. The SMILES string of the molecule is Cc1nc(C=C(Br)Br)cs1. The maximum absolute atomic E-state index is 4.23. The van der Waals surface area contributed by atoms with Crippen molar-refractivity contribution in [1.82, 2.24) is 4.98 Å². The van der Waals surface area contributed by atoms with E-state index < -0.39 is 0 Å². The Morgan fingerprint density at radius 2 is 2.40 bits per heavy atom. The maximum Gasteiger partial charge on any atom is 0.0901 e. The predicted molar refractivity (Wildman–Crippen MR) is 52.7 cm³/mol. The molecule has 1 rings (SSSR count). The fourth-order valence-corrected chi connectivity index (χ4v) is 1.60. The Bertz CT molecular complexity index is 250. The third kappa shape index (κ3) is 2.52. The molecule has 10 heavy (non-hydrogen) atoms. The van der Waals surface area contributed by atoms with Crippen molar-refractivity contribution in [2.45, 2.75) is 6.92 Å². The van der Waals surface area contributed by atoms with Gasteiger partial charge in [0.2, 0.25) is 0 Å². The average Bonchev–Trinajstić information content (AvgIpc) is 2.13. The van der Waals surface area contributed by atoms with Crippen LogP contribution >= 0.6 is 43.2 Å². The maximum atomic E-state index is 4.23. The molecule has 0 bridgehead atoms. The van der Waals surface area contributed by atoms with Gasteiger partial charge in [-0.1, -0.05) is 0 Å². The van der Waals surface area contributed by atoms with Gasteiger partial charge in [0, 0.05) is 5.38 Å². The summed E-state index contributed by atoms with van der Waals surface area (Å²) in [5, 5.41) is 3.10. The van der Waals surface area contributed by atoms with Crippen molar-refractivity contribution in [3.8, 4) is 0 Å². The lowest BCUT2D eigenvalue weighted by molar-refractivity contribution is 1.27. The molecule has 0 unspecified atom stereocenters. The van der Waals surface area contributed by atoms with Crippen molar-refractivity contribution in [3.05, 3.63) is 19.5 Å². The monoisotopic (exact) mass is 281 g/mol. The average molecular weight is 283 g/mol. The van der Waals surface area contributed by atoms with Crippen LogP contribution in [-0.2, 0) is 0 Å². The Balaban J connectivity index is 2.86. The normalized spacial score (nSPS) is 9.50. The van der Waals surface area contributed by atoms with Gasteiger partial charge in [-0.2, -0.15) is 0 Å². The molecule has 1 heterocycles. The second-order valence-corrected chi connectivity index (χ2v) is 5.56. The van der Waals surface area contributed by atoms with Crippen LogP contribution in [0.1, 0.15) is 10.7 Å². The van der Waals surface area contributed by atoms with E-state index in [-0.39, 0.29) is 0 Å². The topological polar surface area (TPSA) is 12.9 Å². The van der Waals surface area contributed by atoms with Crippen LogP contribution in [-0.4, -0.2) is 4.98 Å². The van der Waals surface area contributed by atoms with Crippen molar-refractivity contribution in [3.63, 3.8) is 0 Å². The van der Waals surface area contributed by atoms with Gasteiger partial charge in [0.05, 0.1) is 14.1 Å². The van der Waals surface area contributed by atoms with Crippen molar-refractivity contribution < 1.29 is 0 Å². The number of hydrogen-bond acceptors (Lipinski definition) is 2. The number of halogens is 2. The minimum atomic E-state index is 0.922. The summed E-state index contributed by atoms with van der Waals surface area (Å²) in [7, 11) is 0. The zero-order valence-corrected chi connectivity index (χ0v) is 9.25. The summed E-state index contributed by atoms with van der Waals surface area (Å²) in [5.41, 5.74) is 0.992. The van der Waals surface area contributed by atoms with E-state index in [9.17, 15) is 0 Å². The molecular weight excluding hydrogens is 278 g/mol. The summed E-state index contributed by atoms with van der Waals surface area (Å²) in [6, 6.07) is 0. The molecule has 0 aliphatic heterocycles. The molecule has 0 fully saturated rings. The standard InChI is InChI=1S/C6H5Br2NS/c1-4-9-5(3-10-4)2-6(7)8/h2-3H,1H3. The van der Waals surface area contributed by atoms with Crippen LogP contribution in [0.25, 0.3) is 6.08 Å². The number of hydrogen-bond donors (Lipinski definition) is 0. The van der Waals surface area contributed by atoms with E-state index in [1.54, 1.807) is 11.3 Å². The van der Waals surface area contributed by atoms with Crippen LogP contribution in [0, 0.1) is 6.92 Å². The summed E-state index contributed by atoms with van der Waals surface area (Å²) < 4.78 is 0.922. The largest absolute Gasteiger partial charge is 0.242 e. The fourth-order valence-electron chi connectivity index (χ4n) is 0.558. The van der Waals surface area contributed by atoms with Gasteiger partial charge < -0.3 is 0 Å². The van der Waals surface area contributed by atoms with Crippen molar-refractivity contribution in [2.24, 2.45) is 0 Å². The molecule has 1 aromatic heterocycles. The summed E-state index contributed by atoms with van der Waals surface area (Å²) in [5.74, 6) is 0. The number of nitrogens with zero attached hydrogens (tertiary/aromatic N) is 1. The van der Waals surface area contributed by atoms with Gasteiger partial charge in [-0.15, -0.1) is 11.3 Å². The molecule has 0 atom stereocenters. The van der Waals surface area contributed by atoms with Crippen LogP contribution in [0.15, 0.2) is 8.77 Å². The first-order chi connectivity index (χ1) is 4.68. The molecule has 0 aromatic carbocycles. The highest BCUT2D eigenvalue weighted by atomic mass is 79.9. The van der Waals surface area contributed by atoms with Gasteiger partial charge >= 0.3 is 0 Å². The third-order valence-corrected chi connectivity index (χ3v) is 2.14. The first-order valence-electron chi connectivity index (χ1n) is 2.63. The molecule has 0 aliphatic carbocycles. The summed E-state index contributed by atoms with van der Waals surface area (Å²) >= 11 is 8.17. The van der Waals surface area contributed by atoms with Gasteiger partial charge in [-0.05, 0) is 44.9 Å². The van der Waals surface area contributed by atoms with Crippen LogP contribution < -0.4 is 0 Å². The highest BCUT2D eigenvalue weighted by molar-refractivity contribution is 9.28. The molecule has 0 aliphatic rings. The van der Waals surface area contributed by atoms with Gasteiger partial charge in [-0.25, -0.2) is 4.98 Å². The Labute approximate surface area is 80.4 Å². The minimum Gasteiger partial charge on any atom is -0.242 e. The lowest BCUT2D eigenvalue weighted by atomic mass is 10.5.